The molecule has 0 saturated carbocycles. The average Bonchev–Trinajstić information content (AvgIpc) is 2.71. The van der Waals surface area contributed by atoms with Crippen molar-refractivity contribution in [1.29, 1.82) is 0 Å². The van der Waals surface area contributed by atoms with E-state index in [2.05, 4.69) is 15.4 Å². The lowest BCUT2D eigenvalue weighted by Crippen LogP contribution is -2.34. The largest absolute Gasteiger partial charge is 0.332 e. The van der Waals surface area contributed by atoms with Gasteiger partial charge in [-0.1, -0.05) is 29.3 Å². The molecule has 1 amide bonds. The first-order chi connectivity index (χ1) is 14.6. The summed E-state index contributed by atoms with van der Waals surface area (Å²) in [6, 6.07) is 17.9. The van der Waals surface area contributed by atoms with Gasteiger partial charge in [-0.2, -0.15) is 0 Å². The molecule has 3 aromatic carbocycles. The predicted molar refractivity (Wildman–Crippen MR) is 128 cm³/mol. The molecule has 6 nitrogen and oxygen atoms in total. The van der Waals surface area contributed by atoms with Crippen molar-refractivity contribution >= 4 is 56.2 Å². The molecule has 0 heterocycles. The van der Waals surface area contributed by atoms with Crippen LogP contribution >= 0.6 is 23.8 Å². The van der Waals surface area contributed by atoms with Gasteiger partial charge in [0.05, 0.1) is 10.6 Å². The highest BCUT2D eigenvalue weighted by Gasteiger charge is 2.15. The second-order valence-electron chi connectivity index (χ2n) is 6.86. The number of halogens is 1. The smallest absolute Gasteiger partial charge is 0.261 e. The lowest BCUT2D eigenvalue weighted by atomic mass is 10.1. The van der Waals surface area contributed by atoms with E-state index >= 15 is 0 Å². The first-order valence-corrected chi connectivity index (χ1v) is 11.5. The van der Waals surface area contributed by atoms with Crippen LogP contribution in [0.2, 0.25) is 5.02 Å². The molecule has 0 aliphatic carbocycles. The van der Waals surface area contributed by atoms with E-state index in [9.17, 15) is 13.2 Å². The van der Waals surface area contributed by atoms with Crippen LogP contribution in [0.1, 0.15) is 21.5 Å². The molecule has 3 aromatic rings. The van der Waals surface area contributed by atoms with E-state index in [0.29, 0.717) is 22.0 Å². The topological polar surface area (TPSA) is 87.3 Å². The molecular weight excluding hydrogens is 454 g/mol. The summed E-state index contributed by atoms with van der Waals surface area (Å²) >= 11 is 11.0. The van der Waals surface area contributed by atoms with Crippen LogP contribution in [0.4, 0.5) is 11.4 Å². The SMILES string of the molecule is Cc1ccc(NS(=O)(=O)c2ccc(NC(=S)NC(=O)c3ccc(Cl)cc3)cc2)c(C)c1. The van der Waals surface area contributed by atoms with Crippen LogP contribution < -0.4 is 15.4 Å². The van der Waals surface area contributed by atoms with Crippen LogP contribution in [0.3, 0.4) is 0 Å². The number of benzene rings is 3. The minimum Gasteiger partial charge on any atom is -0.332 e. The summed E-state index contributed by atoms with van der Waals surface area (Å²) in [5.74, 6) is -0.383. The molecule has 0 aliphatic rings. The molecule has 0 radical (unpaired) electrons. The Hall–Kier alpha value is -2.94. The number of thiocarbonyl (C=S) groups is 1. The van der Waals surface area contributed by atoms with E-state index < -0.39 is 10.0 Å². The molecule has 31 heavy (non-hydrogen) atoms. The normalized spacial score (nSPS) is 10.9. The van der Waals surface area contributed by atoms with Crippen molar-refractivity contribution in [1.82, 2.24) is 5.32 Å². The maximum atomic E-state index is 12.7. The predicted octanol–water partition coefficient (Wildman–Crippen LogP) is 4.88. The second-order valence-corrected chi connectivity index (χ2v) is 9.39. The Labute approximate surface area is 191 Å². The monoisotopic (exact) mass is 473 g/mol. The summed E-state index contributed by atoms with van der Waals surface area (Å²) < 4.78 is 27.9. The molecule has 0 aliphatic heterocycles. The summed E-state index contributed by atoms with van der Waals surface area (Å²) in [5.41, 5.74) is 3.36. The number of carbonyl (C=O) groups is 1. The summed E-state index contributed by atoms with van der Waals surface area (Å²) in [4.78, 5) is 12.3. The molecule has 9 heteroatoms. The highest BCUT2D eigenvalue weighted by atomic mass is 35.5. The van der Waals surface area contributed by atoms with Gasteiger partial charge in [0.1, 0.15) is 0 Å². The Kier molecular flexibility index (Phi) is 6.94. The molecule has 0 saturated heterocycles. The Morgan fingerprint density at radius 3 is 2.19 bits per heavy atom. The molecule has 0 atom stereocenters. The number of rotatable bonds is 5. The molecule has 160 valence electrons. The fourth-order valence-corrected chi connectivity index (χ4v) is 4.26. The third-order valence-electron chi connectivity index (χ3n) is 4.38. The average molecular weight is 474 g/mol. The minimum absolute atomic E-state index is 0.0870. The summed E-state index contributed by atoms with van der Waals surface area (Å²) in [5, 5.41) is 6.03. The molecule has 0 fully saturated rings. The number of hydrogen-bond donors (Lipinski definition) is 3. The fraction of sp³-hybridized carbons (Fsp3) is 0.0909. The van der Waals surface area contributed by atoms with E-state index in [0.717, 1.165) is 11.1 Å². The number of sulfonamides is 1. The van der Waals surface area contributed by atoms with E-state index in [1.807, 2.05) is 26.0 Å². The molecular formula is C22H20ClN3O3S2. The van der Waals surface area contributed by atoms with Gasteiger partial charge in [-0.25, -0.2) is 8.42 Å². The van der Waals surface area contributed by atoms with Gasteiger partial charge in [0.2, 0.25) is 0 Å². The molecule has 0 unspecified atom stereocenters. The molecule has 0 spiro atoms. The van der Waals surface area contributed by atoms with Gasteiger partial charge in [-0.15, -0.1) is 0 Å². The zero-order chi connectivity index (χ0) is 22.6. The zero-order valence-corrected chi connectivity index (χ0v) is 19.2. The first-order valence-electron chi connectivity index (χ1n) is 9.22. The van der Waals surface area contributed by atoms with Crippen LogP contribution in [-0.4, -0.2) is 19.4 Å². The second kappa shape index (κ2) is 9.47. The van der Waals surface area contributed by atoms with Crippen LogP contribution in [0.5, 0.6) is 0 Å². The molecule has 3 rings (SSSR count). The van der Waals surface area contributed by atoms with Crippen molar-refractivity contribution in [2.24, 2.45) is 0 Å². The maximum Gasteiger partial charge on any atom is 0.261 e. The summed E-state index contributed by atoms with van der Waals surface area (Å²) in [7, 11) is -3.74. The Morgan fingerprint density at radius 2 is 1.58 bits per heavy atom. The van der Waals surface area contributed by atoms with Crippen molar-refractivity contribution < 1.29 is 13.2 Å². The van der Waals surface area contributed by atoms with E-state index in [4.69, 9.17) is 23.8 Å². The third kappa shape index (κ3) is 6.04. The van der Waals surface area contributed by atoms with E-state index in [1.54, 1.807) is 42.5 Å². The van der Waals surface area contributed by atoms with Gasteiger partial charge in [-0.3, -0.25) is 14.8 Å². The van der Waals surface area contributed by atoms with Crippen LogP contribution in [-0.2, 0) is 10.0 Å². The van der Waals surface area contributed by atoms with Crippen molar-refractivity contribution in [2.45, 2.75) is 18.7 Å². The number of carbonyl (C=O) groups excluding carboxylic acids is 1. The number of amides is 1. The standard InChI is InChI=1S/C22H20ClN3O3S2/c1-14-3-12-20(15(2)13-14)26-31(28,29)19-10-8-18(9-11-19)24-22(30)25-21(27)16-4-6-17(23)7-5-16/h3-13,26H,1-2H3,(H2,24,25,27,30). The molecule has 3 N–H and O–H groups in total. The van der Waals surface area contributed by atoms with Gasteiger partial charge in [0.25, 0.3) is 15.9 Å². The Bertz CT molecular complexity index is 1230. The lowest BCUT2D eigenvalue weighted by Gasteiger charge is -2.13. The number of anilines is 2. The molecule has 0 bridgehead atoms. The maximum absolute atomic E-state index is 12.7. The number of hydrogen-bond acceptors (Lipinski definition) is 4. The van der Waals surface area contributed by atoms with Gasteiger partial charge >= 0.3 is 0 Å². The fourth-order valence-electron chi connectivity index (χ4n) is 2.79. The Morgan fingerprint density at radius 1 is 0.935 bits per heavy atom. The van der Waals surface area contributed by atoms with Crippen molar-refractivity contribution in [3.05, 3.63) is 88.4 Å². The van der Waals surface area contributed by atoms with Gasteiger partial charge in [0.15, 0.2) is 5.11 Å². The van der Waals surface area contributed by atoms with Crippen LogP contribution in [0.15, 0.2) is 71.6 Å². The van der Waals surface area contributed by atoms with Gasteiger partial charge < -0.3 is 5.32 Å². The van der Waals surface area contributed by atoms with E-state index in [1.165, 1.54) is 12.1 Å². The van der Waals surface area contributed by atoms with Crippen molar-refractivity contribution in [3.8, 4) is 0 Å². The first kappa shape index (κ1) is 22.7. The van der Waals surface area contributed by atoms with Gasteiger partial charge in [-0.05, 0) is 86.2 Å². The summed E-state index contributed by atoms with van der Waals surface area (Å²) in [6.45, 7) is 3.79. The quantitative estimate of drug-likeness (QED) is 0.459. The summed E-state index contributed by atoms with van der Waals surface area (Å²) in [6.07, 6.45) is 0. The highest BCUT2D eigenvalue weighted by molar-refractivity contribution is 7.92. The van der Waals surface area contributed by atoms with Crippen LogP contribution in [0.25, 0.3) is 0 Å². The minimum atomic E-state index is -3.74. The van der Waals surface area contributed by atoms with Crippen molar-refractivity contribution in [2.75, 3.05) is 10.0 Å². The third-order valence-corrected chi connectivity index (χ3v) is 6.22. The zero-order valence-electron chi connectivity index (χ0n) is 16.8. The van der Waals surface area contributed by atoms with E-state index in [-0.39, 0.29) is 15.9 Å². The highest BCUT2D eigenvalue weighted by Crippen LogP contribution is 2.22. The lowest BCUT2D eigenvalue weighted by molar-refractivity contribution is 0.0977. The Balaban J connectivity index is 1.64. The molecule has 0 aromatic heterocycles. The van der Waals surface area contributed by atoms with Gasteiger partial charge in [0, 0.05) is 16.3 Å². The number of nitrogens with one attached hydrogen (secondary N) is 3. The number of aryl methyl sites for hydroxylation is 2. The van der Waals surface area contributed by atoms with Crippen LogP contribution in [0, 0.1) is 13.8 Å². The van der Waals surface area contributed by atoms with Crippen molar-refractivity contribution in [3.63, 3.8) is 0 Å².